The number of hydrogen-bond donors (Lipinski definition) is 1. The van der Waals surface area contributed by atoms with E-state index in [1.54, 1.807) is 12.4 Å². The van der Waals surface area contributed by atoms with Crippen LogP contribution >= 0.6 is 0 Å². The highest BCUT2D eigenvalue weighted by molar-refractivity contribution is 6.28. The van der Waals surface area contributed by atoms with Crippen molar-refractivity contribution < 1.29 is 9.32 Å². The molecular formula is C30H27N7O2. The molecule has 0 radical (unpaired) electrons. The van der Waals surface area contributed by atoms with E-state index in [1.165, 1.54) is 0 Å². The lowest BCUT2D eigenvalue weighted by Crippen LogP contribution is -2.47. The molecule has 0 saturated carbocycles. The van der Waals surface area contributed by atoms with E-state index < -0.39 is 0 Å². The van der Waals surface area contributed by atoms with Crippen molar-refractivity contribution in [1.82, 2.24) is 15.1 Å². The van der Waals surface area contributed by atoms with E-state index >= 15 is 0 Å². The van der Waals surface area contributed by atoms with E-state index in [1.807, 2.05) is 62.6 Å². The molecular weight excluding hydrogens is 490 g/mol. The average Bonchev–Trinajstić information content (AvgIpc) is 3.42. The van der Waals surface area contributed by atoms with Gasteiger partial charge in [0.05, 0.1) is 22.3 Å². The van der Waals surface area contributed by atoms with E-state index in [9.17, 15) is 4.79 Å². The van der Waals surface area contributed by atoms with Crippen molar-refractivity contribution in [3.05, 3.63) is 84.2 Å². The molecule has 2 aliphatic rings. The molecule has 1 saturated heterocycles. The Balaban J connectivity index is 1.32. The van der Waals surface area contributed by atoms with Crippen LogP contribution in [0.3, 0.4) is 0 Å². The average molecular weight is 518 g/mol. The third kappa shape index (κ3) is 3.85. The fourth-order valence-corrected chi connectivity index (χ4v) is 5.48. The molecule has 3 heterocycles. The first-order chi connectivity index (χ1) is 19.1. The summed E-state index contributed by atoms with van der Waals surface area (Å²) >= 11 is 0. The molecule has 1 aliphatic carbocycles. The molecule has 3 aromatic carbocycles. The monoisotopic (exact) mass is 517 g/mol. The van der Waals surface area contributed by atoms with E-state index in [2.05, 4.69) is 47.3 Å². The standard InChI is InChI=1S/C30H27N7O2/c1-35(2)20-10-8-19(9-11-20)33-23-18-24(36-14-16-37(17-15-36)30-31-12-5-13-32-30)27-26-25(23)28(38)21-6-3-4-7-22(21)29(26)39-34-27/h3-13,18,33H,14-17H2,1-2H3. The van der Waals surface area contributed by atoms with Crippen molar-refractivity contribution in [3.8, 4) is 11.3 Å². The number of nitrogens with zero attached hydrogens (tertiary/aromatic N) is 6. The molecule has 5 aromatic rings. The van der Waals surface area contributed by atoms with Gasteiger partial charge in [0, 0.05) is 75.2 Å². The smallest absolute Gasteiger partial charge is 0.225 e. The Kier molecular flexibility index (Phi) is 5.43. The summed E-state index contributed by atoms with van der Waals surface area (Å²) in [7, 11) is 4.03. The van der Waals surface area contributed by atoms with Gasteiger partial charge in [0.25, 0.3) is 0 Å². The Hall–Kier alpha value is -4.92. The molecule has 9 nitrogen and oxygen atoms in total. The third-order valence-corrected chi connectivity index (χ3v) is 7.50. The van der Waals surface area contributed by atoms with Crippen LogP contribution in [0, 0.1) is 0 Å². The molecule has 194 valence electrons. The van der Waals surface area contributed by atoms with Crippen molar-refractivity contribution in [2.45, 2.75) is 0 Å². The lowest BCUT2D eigenvalue weighted by Gasteiger charge is -2.36. The van der Waals surface area contributed by atoms with Crippen molar-refractivity contribution >= 4 is 45.4 Å². The van der Waals surface area contributed by atoms with Crippen molar-refractivity contribution in [3.63, 3.8) is 0 Å². The summed E-state index contributed by atoms with van der Waals surface area (Å²) in [5.41, 5.74) is 6.39. The molecule has 1 N–H and O–H groups in total. The van der Waals surface area contributed by atoms with Crippen LogP contribution in [0.4, 0.5) is 28.7 Å². The van der Waals surface area contributed by atoms with E-state index in [0.29, 0.717) is 22.4 Å². The molecule has 9 heteroatoms. The van der Waals surface area contributed by atoms with Gasteiger partial charge < -0.3 is 24.5 Å². The van der Waals surface area contributed by atoms with Gasteiger partial charge in [0.1, 0.15) is 5.52 Å². The Morgan fingerprint density at radius 1 is 0.872 bits per heavy atom. The predicted molar refractivity (Wildman–Crippen MR) is 153 cm³/mol. The number of carbonyl (C=O) groups is 1. The molecule has 39 heavy (non-hydrogen) atoms. The second kappa shape index (κ2) is 9.13. The predicted octanol–water partition coefficient (Wildman–Crippen LogP) is 4.97. The minimum absolute atomic E-state index is 0.0312. The minimum Gasteiger partial charge on any atom is -0.378 e. The van der Waals surface area contributed by atoms with Crippen LogP contribution in [0.5, 0.6) is 0 Å². The summed E-state index contributed by atoms with van der Waals surface area (Å²) in [4.78, 5) is 29.2. The number of anilines is 5. The van der Waals surface area contributed by atoms with Crippen LogP contribution in [0.15, 0.2) is 77.6 Å². The highest BCUT2D eigenvalue weighted by Gasteiger charge is 2.34. The summed E-state index contributed by atoms with van der Waals surface area (Å²) in [5, 5.41) is 8.82. The SMILES string of the molecule is CN(C)c1ccc(Nc2cc(N3CCN(c4ncccn4)CC3)c3noc4c3c2C(=O)c2ccccc2-4)cc1. The van der Waals surface area contributed by atoms with Crippen LogP contribution in [0.2, 0.25) is 0 Å². The summed E-state index contributed by atoms with van der Waals surface area (Å²) in [6.07, 6.45) is 3.54. The number of nitrogens with one attached hydrogen (secondary N) is 1. The number of ketones is 1. The maximum atomic E-state index is 13.9. The van der Waals surface area contributed by atoms with E-state index in [0.717, 1.165) is 65.8 Å². The molecule has 7 rings (SSSR count). The summed E-state index contributed by atoms with van der Waals surface area (Å²) in [5.74, 6) is 1.34. The molecule has 1 aliphatic heterocycles. The highest BCUT2D eigenvalue weighted by atomic mass is 16.5. The number of piperazine rings is 1. The van der Waals surface area contributed by atoms with Gasteiger partial charge in [-0.25, -0.2) is 9.97 Å². The Morgan fingerprint density at radius 2 is 1.56 bits per heavy atom. The number of hydrogen-bond acceptors (Lipinski definition) is 9. The molecule has 0 unspecified atom stereocenters. The molecule has 0 bridgehead atoms. The lowest BCUT2D eigenvalue weighted by molar-refractivity contribution is 0.104. The molecule has 1 fully saturated rings. The zero-order chi connectivity index (χ0) is 26.5. The van der Waals surface area contributed by atoms with Crippen LogP contribution in [0.1, 0.15) is 15.9 Å². The quantitative estimate of drug-likeness (QED) is 0.340. The third-order valence-electron chi connectivity index (χ3n) is 7.50. The van der Waals surface area contributed by atoms with Crippen LogP contribution in [0.25, 0.3) is 22.2 Å². The second-order valence-corrected chi connectivity index (χ2v) is 10.0. The maximum Gasteiger partial charge on any atom is 0.225 e. The Labute approximate surface area is 225 Å². The van der Waals surface area contributed by atoms with Gasteiger partial charge in [-0.15, -0.1) is 0 Å². The van der Waals surface area contributed by atoms with Gasteiger partial charge in [-0.2, -0.15) is 0 Å². The summed E-state index contributed by atoms with van der Waals surface area (Å²) in [6.45, 7) is 3.07. The van der Waals surface area contributed by atoms with Gasteiger partial charge in [0.15, 0.2) is 11.5 Å². The zero-order valence-electron chi connectivity index (χ0n) is 21.8. The minimum atomic E-state index is -0.0312. The molecule has 0 spiro atoms. The number of aromatic nitrogens is 3. The maximum absolute atomic E-state index is 13.9. The molecule has 2 aromatic heterocycles. The normalized spacial score (nSPS) is 14.5. The van der Waals surface area contributed by atoms with Gasteiger partial charge in [-0.1, -0.05) is 29.4 Å². The fraction of sp³-hybridized carbons (Fsp3) is 0.200. The van der Waals surface area contributed by atoms with Gasteiger partial charge >= 0.3 is 0 Å². The van der Waals surface area contributed by atoms with E-state index in [4.69, 9.17) is 4.52 Å². The summed E-state index contributed by atoms with van der Waals surface area (Å²) in [6, 6.07) is 19.6. The number of fused-ring (bicyclic) bond motifs is 2. The largest absolute Gasteiger partial charge is 0.378 e. The number of rotatable bonds is 5. The van der Waals surface area contributed by atoms with Crippen LogP contribution in [-0.4, -0.2) is 61.2 Å². The molecule has 0 amide bonds. The lowest BCUT2D eigenvalue weighted by atomic mass is 9.86. The Morgan fingerprint density at radius 3 is 2.28 bits per heavy atom. The second-order valence-electron chi connectivity index (χ2n) is 10.0. The fourth-order valence-electron chi connectivity index (χ4n) is 5.48. The van der Waals surface area contributed by atoms with Crippen LogP contribution < -0.4 is 20.0 Å². The summed E-state index contributed by atoms with van der Waals surface area (Å²) < 4.78 is 5.95. The molecule has 0 atom stereocenters. The van der Waals surface area contributed by atoms with Crippen LogP contribution in [-0.2, 0) is 0 Å². The van der Waals surface area contributed by atoms with Gasteiger partial charge in [-0.3, -0.25) is 4.79 Å². The number of carbonyl (C=O) groups excluding carboxylic acids is 1. The Bertz CT molecular complexity index is 1690. The highest BCUT2D eigenvalue weighted by Crippen LogP contribution is 2.46. The first-order valence-corrected chi connectivity index (χ1v) is 13.0. The topological polar surface area (TPSA) is 90.6 Å². The van der Waals surface area contributed by atoms with E-state index in [-0.39, 0.29) is 5.78 Å². The zero-order valence-corrected chi connectivity index (χ0v) is 21.8. The van der Waals surface area contributed by atoms with Crippen molar-refractivity contribution in [1.29, 1.82) is 0 Å². The van der Waals surface area contributed by atoms with Gasteiger partial charge in [-0.05, 0) is 36.4 Å². The first-order valence-electron chi connectivity index (χ1n) is 13.0. The van der Waals surface area contributed by atoms with Crippen molar-refractivity contribution in [2.24, 2.45) is 0 Å². The number of benzene rings is 3. The van der Waals surface area contributed by atoms with Gasteiger partial charge in [0.2, 0.25) is 5.95 Å². The first kappa shape index (κ1) is 23.2. The van der Waals surface area contributed by atoms with Crippen molar-refractivity contribution in [2.75, 3.05) is 60.3 Å².